The van der Waals surface area contributed by atoms with Crippen LogP contribution in [-0.2, 0) is 0 Å². The summed E-state index contributed by atoms with van der Waals surface area (Å²) >= 11 is 0. The number of hydrogen-bond acceptors (Lipinski definition) is 2. The van der Waals surface area contributed by atoms with E-state index in [1.54, 1.807) is 18.3 Å². The van der Waals surface area contributed by atoms with Crippen molar-refractivity contribution < 1.29 is 9.18 Å². The molecule has 0 radical (unpaired) electrons. The fourth-order valence-corrected chi connectivity index (χ4v) is 1.24. The molecule has 1 aromatic carbocycles. The summed E-state index contributed by atoms with van der Waals surface area (Å²) in [5.74, 6) is -0.410. The molecule has 0 unspecified atom stereocenters. The van der Waals surface area contributed by atoms with Crippen LogP contribution >= 0.6 is 0 Å². The average Bonchev–Trinajstić information content (AvgIpc) is 2.18. The summed E-state index contributed by atoms with van der Waals surface area (Å²) in [4.78, 5) is 14.2. The third-order valence-electron chi connectivity index (χ3n) is 1.86. The predicted molar refractivity (Wildman–Crippen MR) is 47.1 cm³/mol. The topological polar surface area (TPSA) is 30.0 Å². The number of aldehydes is 1. The highest BCUT2D eigenvalue weighted by Crippen LogP contribution is 2.17. The summed E-state index contributed by atoms with van der Waals surface area (Å²) < 4.78 is 13.2. The van der Waals surface area contributed by atoms with E-state index in [1.807, 2.05) is 0 Å². The second kappa shape index (κ2) is 2.94. The molecule has 2 rings (SSSR count). The second-order valence-corrected chi connectivity index (χ2v) is 2.72. The number of pyridine rings is 1. The van der Waals surface area contributed by atoms with Crippen LogP contribution in [0.1, 0.15) is 10.4 Å². The predicted octanol–water partition coefficient (Wildman–Crippen LogP) is 2.19. The van der Waals surface area contributed by atoms with E-state index in [1.165, 1.54) is 12.3 Å². The van der Waals surface area contributed by atoms with Crippen LogP contribution < -0.4 is 0 Å². The van der Waals surface area contributed by atoms with Gasteiger partial charge in [0.15, 0.2) is 0 Å². The van der Waals surface area contributed by atoms with Crippen LogP contribution in [0.15, 0.2) is 30.6 Å². The number of aromatic nitrogens is 1. The summed E-state index contributed by atoms with van der Waals surface area (Å²) in [5.41, 5.74) is 0.344. The first-order valence-electron chi connectivity index (χ1n) is 3.80. The fourth-order valence-electron chi connectivity index (χ4n) is 1.24. The van der Waals surface area contributed by atoms with Crippen LogP contribution in [0, 0.1) is 5.82 Å². The number of rotatable bonds is 1. The Hall–Kier alpha value is -1.77. The maximum Gasteiger partial charge on any atom is 0.150 e. The molecule has 1 heterocycles. The van der Waals surface area contributed by atoms with E-state index in [4.69, 9.17) is 0 Å². The van der Waals surface area contributed by atoms with Gasteiger partial charge < -0.3 is 0 Å². The summed E-state index contributed by atoms with van der Waals surface area (Å²) in [7, 11) is 0. The number of nitrogens with zero attached hydrogens (tertiary/aromatic N) is 1. The highest BCUT2D eigenvalue weighted by atomic mass is 19.1. The molecule has 0 atom stereocenters. The zero-order valence-electron chi connectivity index (χ0n) is 6.70. The minimum atomic E-state index is -0.410. The van der Waals surface area contributed by atoms with E-state index < -0.39 is 5.82 Å². The molecule has 0 bridgehead atoms. The average molecular weight is 175 g/mol. The van der Waals surface area contributed by atoms with E-state index in [9.17, 15) is 9.18 Å². The van der Waals surface area contributed by atoms with Crippen molar-refractivity contribution in [2.75, 3.05) is 0 Å². The zero-order chi connectivity index (χ0) is 9.26. The minimum Gasteiger partial charge on any atom is -0.298 e. The van der Waals surface area contributed by atoms with Gasteiger partial charge in [-0.05, 0) is 23.6 Å². The molecule has 0 aliphatic heterocycles. The maximum absolute atomic E-state index is 13.2. The molecule has 64 valence electrons. The molecule has 13 heavy (non-hydrogen) atoms. The van der Waals surface area contributed by atoms with Gasteiger partial charge in [-0.1, -0.05) is 0 Å². The van der Waals surface area contributed by atoms with Crippen molar-refractivity contribution in [2.45, 2.75) is 0 Å². The molecule has 0 N–H and O–H groups in total. The standard InChI is InChI=1S/C10H6FNO/c11-10-4-7(6-13)3-8-1-2-12-5-9(8)10/h1-6H. The van der Waals surface area contributed by atoms with Crippen molar-refractivity contribution in [1.29, 1.82) is 0 Å². The first kappa shape index (κ1) is 7.86. The number of halogens is 1. The second-order valence-electron chi connectivity index (χ2n) is 2.72. The molecule has 0 saturated heterocycles. The number of carbonyl (C=O) groups is 1. The number of fused-ring (bicyclic) bond motifs is 1. The Labute approximate surface area is 74.0 Å². The molecule has 3 heteroatoms. The van der Waals surface area contributed by atoms with Gasteiger partial charge in [-0.3, -0.25) is 9.78 Å². The summed E-state index contributed by atoms with van der Waals surface area (Å²) in [6.07, 6.45) is 3.64. The van der Waals surface area contributed by atoms with E-state index in [-0.39, 0.29) is 0 Å². The number of benzene rings is 1. The van der Waals surface area contributed by atoms with Crippen LogP contribution in [-0.4, -0.2) is 11.3 Å². The zero-order valence-corrected chi connectivity index (χ0v) is 6.70. The van der Waals surface area contributed by atoms with Crippen molar-refractivity contribution in [3.05, 3.63) is 42.0 Å². The first-order chi connectivity index (χ1) is 6.31. The Balaban J connectivity index is 2.84. The largest absolute Gasteiger partial charge is 0.298 e. The Bertz CT molecular complexity index is 467. The van der Waals surface area contributed by atoms with E-state index in [2.05, 4.69) is 4.98 Å². The number of hydrogen-bond donors (Lipinski definition) is 0. The lowest BCUT2D eigenvalue weighted by atomic mass is 10.1. The molecule has 2 aromatic rings. The Morgan fingerprint density at radius 2 is 2.23 bits per heavy atom. The highest BCUT2D eigenvalue weighted by Gasteiger charge is 2.02. The lowest BCUT2D eigenvalue weighted by Gasteiger charge is -1.98. The van der Waals surface area contributed by atoms with E-state index in [0.717, 1.165) is 0 Å². The third kappa shape index (κ3) is 1.28. The molecule has 1 aromatic heterocycles. The van der Waals surface area contributed by atoms with Crippen LogP contribution in [0.25, 0.3) is 10.8 Å². The minimum absolute atomic E-state index is 0.344. The molecular weight excluding hydrogens is 169 g/mol. The molecule has 0 fully saturated rings. The number of carbonyl (C=O) groups excluding carboxylic acids is 1. The van der Waals surface area contributed by atoms with Gasteiger partial charge in [0, 0.05) is 23.3 Å². The monoisotopic (exact) mass is 175 g/mol. The first-order valence-corrected chi connectivity index (χ1v) is 3.80. The van der Waals surface area contributed by atoms with Gasteiger partial charge in [0.25, 0.3) is 0 Å². The lowest BCUT2D eigenvalue weighted by Crippen LogP contribution is -1.86. The summed E-state index contributed by atoms with van der Waals surface area (Å²) in [5, 5.41) is 1.13. The van der Waals surface area contributed by atoms with Gasteiger partial charge in [-0.25, -0.2) is 4.39 Å². The van der Waals surface area contributed by atoms with Gasteiger partial charge in [-0.2, -0.15) is 0 Å². The van der Waals surface area contributed by atoms with Gasteiger partial charge in [-0.15, -0.1) is 0 Å². The summed E-state index contributed by atoms with van der Waals surface area (Å²) in [6.45, 7) is 0. The SMILES string of the molecule is O=Cc1cc(F)c2cnccc2c1. The molecule has 0 aliphatic carbocycles. The van der Waals surface area contributed by atoms with Crippen LogP contribution in [0.5, 0.6) is 0 Å². The quantitative estimate of drug-likeness (QED) is 0.622. The van der Waals surface area contributed by atoms with Gasteiger partial charge in [0.1, 0.15) is 12.1 Å². The summed E-state index contributed by atoms with van der Waals surface area (Å²) in [6, 6.07) is 4.51. The van der Waals surface area contributed by atoms with Crippen molar-refractivity contribution in [2.24, 2.45) is 0 Å². The maximum atomic E-state index is 13.2. The molecule has 0 saturated carbocycles. The van der Waals surface area contributed by atoms with Crippen LogP contribution in [0.2, 0.25) is 0 Å². The molecular formula is C10H6FNO. The van der Waals surface area contributed by atoms with Crippen molar-refractivity contribution in [1.82, 2.24) is 4.98 Å². The Kier molecular flexibility index (Phi) is 1.77. The third-order valence-corrected chi connectivity index (χ3v) is 1.86. The molecule has 0 aliphatic rings. The van der Waals surface area contributed by atoms with Gasteiger partial charge in [0.05, 0.1) is 0 Å². The Morgan fingerprint density at radius 3 is 3.00 bits per heavy atom. The fraction of sp³-hybridized carbons (Fsp3) is 0. The van der Waals surface area contributed by atoms with Crippen molar-refractivity contribution >= 4 is 17.1 Å². The van der Waals surface area contributed by atoms with Crippen LogP contribution in [0.4, 0.5) is 4.39 Å². The van der Waals surface area contributed by atoms with Crippen LogP contribution in [0.3, 0.4) is 0 Å². The molecule has 2 nitrogen and oxygen atoms in total. The highest BCUT2D eigenvalue weighted by molar-refractivity contribution is 5.88. The van der Waals surface area contributed by atoms with Crippen molar-refractivity contribution in [3.8, 4) is 0 Å². The van der Waals surface area contributed by atoms with E-state index >= 15 is 0 Å². The van der Waals surface area contributed by atoms with E-state index in [0.29, 0.717) is 22.6 Å². The Morgan fingerprint density at radius 1 is 1.38 bits per heavy atom. The van der Waals surface area contributed by atoms with Gasteiger partial charge in [0.2, 0.25) is 0 Å². The lowest BCUT2D eigenvalue weighted by molar-refractivity contribution is 0.112. The normalized spacial score (nSPS) is 10.2. The van der Waals surface area contributed by atoms with Crippen molar-refractivity contribution in [3.63, 3.8) is 0 Å². The smallest absolute Gasteiger partial charge is 0.150 e. The molecule has 0 amide bonds. The van der Waals surface area contributed by atoms with Gasteiger partial charge >= 0.3 is 0 Å². The molecule has 0 spiro atoms.